The number of carbonyl (C=O) groups excluding carboxylic acids is 1. The molecule has 1 aliphatic carbocycles. The largest absolute Gasteiger partial charge is 0.339 e. The molecule has 136 valence electrons. The predicted octanol–water partition coefficient (Wildman–Crippen LogP) is 2.77. The summed E-state index contributed by atoms with van der Waals surface area (Å²) < 4.78 is 0. The second kappa shape index (κ2) is 9.73. The van der Waals surface area contributed by atoms with Gasteiger partial charge in [-0.2, -0.15) is 0 Å². The lowest BCUT2D eigenvalue weighted by Gasteiger charge is -2.34. The summed E-state index contributed by atoms with van der Waals surface area (Å²) >= 11 is 0. The molecule has 25 heavy (non-hydrogen) atoms. The van der Waals surface area contributed by atoms with Gasteiger partial charge in [-0.25, -0.2) is 0 Å². The molecule has 0 bridgehead atoms. The summed E-state index contributed by atoms with van der Waals surface area (Å²) in [6.45, 7) is 5.10. The number of piperazine rings is 1. The van der Waals surface area contributed by atoms with Crippen molar-refractivity contribution in [3.05, 3.63) is 42.0 Å². The Labute approximate surface area is 151 Å². The Balaban J connectivity index is 1.33. The van der Waals surface area contributed by atoms with Gasteiger partial charge in [-0.05, 0) is 18.4 Å². The highest BCUT2D eigenvalue weighted by Gasteiger charge is 2.21. The van der Waals surface area contributed by atoms with Crippen LogP contribution in [0.1, 0.15) is 37.7 Å². The molecule has 4 nitrogen and oxygen atoms in total. The van der Waals surface area contributed by atoms with Crippen molar-refractivity contribution in [2.75, 3.05) is 39.3 Å². The highest BCUT2D eigenvalue weighted by Crippen LogP contribution is 2.17. The Bertz CT molecular complexity index is 544. The average molecular weight is 341 g/mol. The van der Waals surface area contributed by atoms with Crippen molar-refractivity contribution in [1.82, 2.24) is 15.1 Å². The quantitative estimate of drug-likeness (QED) is 0.864. The molecular weight excluding hydrogens is 310 g/mol. The van der Waals surface area contributed by atoms with Crippen LogP contribution in [0.15, 0.2) is 36.4 Å². The van der Waals surface area contributed by atoms with E-state index < -0.39 is 0 Å². The minimum Gasteiger partial charge on any atom is -0.339 e. The van der Waals surface area contributed by atoms with Gasteiger partial charge in [0.1, 0.15) is 0 Å². The number of benzene rings is 1. The van der Waals surface area contributed by atoms with Crippen LogP contribution in [0.25, 0.3) is 6.08 Å². The van der Waals surface area contributed by atoms with E-state index in [9.17, 15) is 4.79 Å². The van der Waals surface area contributed by atoms with Gasteiger partial charge in [0.15, 0.2) is 0 Å². The number of amides is 1. The third kappa shape index (κ3) is 5.98. The third-order valence-electron chi connectivity index (χ3n) is 5.35. The molecule has 1 saturated heterocycles. The van der Waals surface area contributed by atoms with E-state index in [1.165, 1.54) is 37.7 Å². The van der Waals surface area contributed by atoms with Crippen LogP contribution in [0, 0.1) is 0 Å². The summed E-state index contributed by atoms with van der Waals surface area (Å²) in [7, 11) is 0. The standard InChI is InChI=1S/C21H31N3O/c25-21(18-22-20-11-5-2-6-12-20)24-16-14-23(15-17-24)13-7-10-19-8-3-1-4-9-19/h1,3-4,7-10,20,22H,2,5-6,11-18H2/b10-7+. The molecule has 2 aliphatic rings. The first kappa shape index (κ1) is 18.2. The van der Waals surface area contributed by atoms with Crippen LogP contribution in [0.5, 0.6) is 0 Å². The van der Waals surface area contributed by atoms with Crippen molar-refractivity contribution in [3.63, 3.8) is 0 Å². The minimum absolute atomic E-state index is 0.269. The normalized spacial score (nSPS) is 20.2. The maximum absolute atomic E-state index is 12.4. The van der Waals surface area contributed by atoms with Gasteiger partial charge in [0.05, 0.1) is 6.54 Å². The zero-order chi connectivity index (χ0) is 17.3. The van der Waals surface area contributed by atoms with Crippen LogP contribution < -0.4 is 5.32 Å². The fraction of sp³-hybridized carbons (Fsp3) is 0.571. The van der Waals surface area contributed by atoms with Crippen molar-refractivity contribution in [3.8, 4) is 0 Å². The first-order chi connectivity index (χ1) is 12.3. The molecule has 1 N–H and O–H groups in total. The third-order valence-corrected chi connectivity index (χ3v) is 5.35. The Morgan fingerprint density at radius 1 is 1.04 bits per heavy atom. The number of carbonyl (C=O) groups is 1. The fourth-order valence-electron chi connectivity index (χ4n) is 3.73. The van der Waals surface area contributed by atoms with E-state index in [1.54, 1.807) is 0 Å². The highest BCUT2D eigenvalue weighted by atomic mass is 16.2. The van der Waals surface area contributed by atoms with Gasteiger partial charge in [-0.15, -0.1) is 0 Å². The van der Waals surface area contributed by atoms with Crippen LogP contribution in [0.2, 0.25) is 0 Å². The lowest BCUT2D eigenvalue weighted by molar-refractivity contribution is -0.132. The van der Waals surface area contributed by atoms with Crippen molar-refractivity contribution in [2.45, 2.75) is 38.1 Å². The minimum atomic E-state index is 0.269. The number of nitrogens with zero attached hydrogens (tertiary/aromatic N) is 2. The summed E-state index contributed by atoms with van der Waals surface area (Å²) in [5, 5.41) is 3.47. The van der Waals surface area contributed by atoms with Crippen LogP contribution in [-0.4, -0.2) is 61.0 Å². The van der Waals surface area contributed by atoms with E-state index in [-0.39, 0.29) is 5.91 Å². The Morgan fingerprint density at radius 2 is 1.76 bits per heavy atom. The summed E-state index contributed by atoms with van der Waals surface area (Å²) in [6, 6.07) is 11.0. The molecule has 0 aromatic heterocycles. The van der Waals surface area contributed by atoms with E-state index in [2.05, 4.69) is 46.6 Å². The zero-order valence-electron chi connectivity index (χ0n) is 15.2. The van der Waals surface area contributed by atoms with Gasteiger partial charge in [0.25, 0.3) is 0 Å². The molecule has 0 unspecified atom stereocenters. The van der Waals surface area contributed by atoms with Crippen molar-refractivity contribution in [1.29, 1.82) is 0 Å². The molecule has 0 spiro atoms. The highest BCUT2D eigenvalue weighted by molar-refractivity contribution is 5.78. The first-order valence-corrected chi connectivity index (χ1v) is 9.76. The Hall–Kier alpha value is -1.65. The first-order valence-electron chi connectivity index (χ1n) is 9.76. The van der Waals surface area contributed by atoms with Crippen molar-refractivity contribution < 1.29 is 4.79 Å². The molecule has 1 saturated carbocycles. The van der Waals surface area contributed by atoms with E-state index in [4.69, 9.17) is 0 Å². The van der Waals surface area contributed by atoms with Crippen LogP contribution in [-0.2, 0) is 4.79 Å². The molecule has 0 radical (unpaired) electrons. The van der Waals surface area contributed by atoms with E-state index in [0.717, 1.165) is 32.7 Å². The predicted molar refractivity (Wildman–Crippen MR) is 103 cm³/mol. The van der Waals surface area contributed by atoms with Gasteiger partial charge in [-0.1, -0.05) is 61.7 Å². The lowest BCUT2D eigenvalue weighted by Crippen LogP contribution is -2.51. The van der Waals surface area contributed by atoms with Gasteiger partial charge in [-0.3, -0.25) is 9.69 Å². The average Bonchev–Trinajstić information content (AvgIpc) is 2.68. The molecule has 1 aliphatic heterocycles. The van der Waals surface area contributed by atoms with Crippen molar-refractivity contribution >= 4 is 12.0 Å². The fourth-order valence-corrected chi connectivity index (χ4v) is 3.73. The second-order valence-corrected chi connectivity index (χ2v) is 7.21. The summed E-state index contributed by atoms with van der Waals surface area (Å²) in [4.78, 5) is 16.8. The van der Waals surface area contributed by atoms with E-state index >= 15 is 0 Å². The monoisotopic (exact) mass is 341 g/mol. The Kier molecular flexibility index (Phi) is 7.07. The molecule has 2 fully saturated rings. The molecule has 1 amide bonds. The van der Waals surface area contributed by atoms with Gasteiger partial charge in [0, 0.05) is 38.8 Å². The van der Waals surface area contributed by atoms with Gasteiger partial charge < -0.3 is 10.2 Å². The Morgan fingerprint density at radius 3 is 2.48 bits per heavy atom. The zero-order valence-corrected chi connectivity index (χ0v) is 15.2. The molecule has 1 aromatic carbocycles. The molecule has 1 aromatic rings. The van der Waals surface area contributed by atoms with E-state index in [1.807, 2.05) is 11.0 Å². The molecule has 4 heteroatoms. The van der Waals surface area contributed by atoms with Gasteiger partial charge >= 0.3 is 0 Å². The molecule has 0 atom stereocenters. The second-order valence-electron chi connectivity index (χ2n) is 7.21. The van der Waals surface area contributed by atoms with E-state index in [0.29, 0.717) is 12.6 Å². The molecular formula is C21H31N3O. The van der Waals surface area contributed by atoms with Crippen LogP contribution in [0.3, 0.4) is 0 Å². The number of hydrogen-bond donors (Lipinski definition) is 1. The summed E-state index contributed by atoms with van der Waals surface area (Å²) in [6.07, 6.45) is 10.8. The van der Waals surface area contributed by atoms with Crippen molar-refractivity contribution in [2.24, 2.45) is 0 Å². The molecule has 1 heterocycles. The van der Waals surface area contributed by atoms with Crippen LogP contribution in [0.4, 0.5) is 0 Å². The lowest BCUT2D eigenvalue weighted by atomic mass is 9.95. The smallest absolute Gasteiger partial charge is 0.236 e. The van der Waals surface area contributed by atoms with Crippen LogP contribution >= 0.6 is 0 Å². The summed E-state index contributed by atoms with van der Waals surface area (Å²) in [5.74, 6) is 0.269. The van der Waals surface area contributed by atoms with Gasteiger partial charge in [0.2, 0.25) is 5.91 Å². The topological polar surface area (TPSA) is 35.6 Å². The maximum atomic E-state index is 12.4. The molecule has 3 rings (SSSR count). The SMILES string of the molecule is O=C(CNC1CCCCC1)N1CCN(C/C=C/c2ccccc2)CC1. The number of rotatable bonds is 6. The maximum Gasteiger partial charge on any atom is 0.236 e. The summed E-state index contributed by atoms with van der Waals surface area (Å²) in [5.41, 5.74) is 1.24. The number of nitrogens with one attached hydrogen (secondary N) is 1. The number of hydrogen-bond acceptors (Lipinski definition) is 3.